The molecule has 2 unspecified atom stereocenters. The Morgan fingerprint density at radius 3 is 2.14 bits per heavy atom. The van der Waals surface area contributed by atoms with Gasteiger partial charge < -0.3 is 10.6 Å². The SMILES string of the molecule is CC(C)NC(=O)C1CC1C(=O)Nc1ccc(C(F)(F)F)cc1. The fourth-order valence-electron chi connectivity index (χ4n) is 2.14. The quantitative estimate of drug-likeness (QED) is 0.898. The first-order valence-corrected chi connectivity index (χ1v) is 6.97. The standard InChI is InChI=1S/C15H17F3N2O2/c1-8(2)19-13(21)11-7-12(11)14(22)20-10-5-3-9(4-6-10)15(16,17)18/h3-6,8,11-12H,7H2,1-2H3,(H,19,21)(H,20,22). The molecule has 1 saturated carbocycles. The number of anilines is 1. The summed E-state index contributed by atoms with van der Waals surface area (Å²) in [6.45, 7) is 3.66. The molecule has 2 rings (SSSR count). The molecule has 22 heavy (non-hydrogen) atoms. The van der Waals surface area contributed by atoms with Crippen LogP contribution in [0.1, 0.15) is 25.8 Å². The number of alkyl halides is 3. The molecule has 2 atom stereocenters. The van der Waals surface area contributed by atoms with Crippen LogP contribution in [0, 0.1) is 11.8 Å². The molecule has 0 heterocycles. The highest BCUT2D eigenvalue weighted by Gasteiger charge is 2.48. The van der Waals surface area contributed by atoms with Crippen LogP contribution in [0.25, 0.3) is 0 Å². The summed E-state index contributed by atoms with van der Waals surface area (Å²) in [6.07, 6.45) is -3.94. The average molecular weight is 314 g/mol. The normalized spacial score (nSPS) is 20.6. The highest BCUT2D eigenvalue weighted by Crippen LogP contribution is 2.39. The van der Waals surface area contributed by atoms with Crippen LogP contribution < -0.4 is 10.6 Å². The van der Waals surface area contributed by atoms with Gasteiger partial charge in [0.2, 0.25) is 11.8 Å². The van der Waals surface area contributed by atoms with Crippen molar-refractivity contribution < 1.29 is 22.8 Å². The summed E-state index contributed by atoms with van der Waals surface area (Å²) >= 11 is 0. The van der Waals surface area contributed by atoms with E-state index in [1.807, 2.05) is 13.8 Å². The molecule has 0 aromatic heterocycles. The van der Waals surface area contributed by atoms with Gasteiger partial charge in [-0.1, -0.05) is 0 Å². The number of carbonyl (C=O) groups excluding carboxylic acids is 2. The highest BCUT2D eigenvalue weighted by molar-refractivity contribution is 5.99. The maximum absolute atomic E-state index is 12.4. The van der Waals surface area contributed by atoms with Gasteiger partial charge in [-0.15, -0.1) is 0 Å². The van der Waals surface area contributed by atoms with Gasteiger partial charge in [-0.2, -0.15) is 13.2 Å². The molecular weight excluding hydrogens is 297 g/mol. The van der Waals surface area contributed by atoms with E-state index in [0.29, 0.717) is 6.42 Å². The molecular formula is C15H17F3N2O2. The largest absolute Gasteiger partial charge is 0.416 e. The summed E-state index contributed by atoms with van der Waals surface area (Å²) in [5.74, 6) is -1.27. The van der Waals surface area contributed by atoms with E-state index in [1.54, 1.807) is 0 Å². The van der Waals surface area contributed by atoms with Gasteiger partial charge in [0.15, 0.2) is 0 Å². The highest BCUT2D eigenvalue weighted by atomic mass is 19.4. The van der Waals surface area contributed by atoms with Crippen molar-refractivity contribution in [2.45, 2.75) is 32.5 Å². The molecule has 1 aliphatic rings. The van der Waals surface area contributed by atoms with Crippen molar-refractivity contribution in [3.8, 4) is 0 Å². The zero-order chi connectivity index (χ0) is 16.5. The van der Waals surface area contributed by atoms with Crippen LogP contribution >= 0.6 is 0 Å². The van der Waals surface area contributed by atoms with Crippen molar-refractivity contribution >= 4 is 17.5 Å². The Morgan fingerprint density at radius 1 is 1.09 bits per heavy atom. The second-order valence-corrected chi connectivity index (χ2v) is 5.68. The number of rotatable bonds is 4. The fraction of sp³-hybridized carbons (Fsp3) is 0.467. The minimum atomic E-state index is -4.40. The lowest BCUT2D eigenvalue weighted by molar-refractivity contribution is -0.137. The Balaban J connectivity index is 1.90. The van der Waals surface area contributed by atoms with E-state index in [1.165, 1.54) is 12.1 Å². The average Bonchev–Trinajstić information content (AvgIpc) is 3.17. The van der Waals surface area contributed by atoms with Crippen molar-refractivity contribution in [1.82, 2.24) is 5.32 Å². The third kappa shape index (κ3) is 3.99. The second kappa shape index (κ2) is 5.98. The number of amides is 2. The lowest BCUT2D eigenvalue weighted by atomic mass is 10.2. The van der Waals surface area contributed by atoms with Gasteiger partial charge in [-0.05, 0) is 44.5 Å². The topological polar surface area (TPSA) is 58.2 Å². The second-order valence-electron chi connectivity index (χ2n) is 5.68. The number of halogens is 3. The lowest BCUT2D eigenvalue weighted by Gasteiger charge is -2.09. The molecule has 1 aromatic rings. The van der Waals surface area contributed by atoms with Crippen LogP contribution in [0.4, 0.5) is 18.9 Å². The molecule has 1 aliphatic carbocycles. The number of carbonyl (C=O) groups is 2. The minimum absolute atomic E-state index is 0.00623. The maximum atomic E-state index is 12.4. The van der Waals surface area contributed by atoms with E-state index in [9.17, 15) is 22.8 Å². The van der Waals surface area contributed by atoms with E-state index >= 15 is 0 Å². The zero-order valence-corrected chi connectivity index (χ0v) is 12.2. The summed E-state index contributed by atoms with van der Waals surface area (Å²) in [6, 6.07) is 4.22. The van der Waals surface area contributed by atoms with Crippen LogP contribution in [0.15, 0.2) is 24.3 Å². The van der Waals surface area contributed by atoms with Crippen LogP contribution in [0.2, 0.25) is 0 Å². The van der Waals surface area contributed by atoms with Crippen LogP contribution in [-0.4, -0.2) is 17.9 Å². The predicted molar refractivity (Wildman–Crippen MR) is 74.9 cm³/mol. The first-order chi connectivity index (χ1) is 10.2. The molecule has 0 radical (unpaired) electrons. The third-order valence-corrected chi connectivity index (χ3v) is 3.37. The molecule has 0 aliphatic heterocycles. The fourth-order valence-corrected chi connectivity index (χ4v) is 2.14. The monoisotopic (exact) mass is 314 g/mol. The lowest BCUT2D eigenvalue weighted by Crippen LogP contribution is -2.32. The first-order valence-electron chi connectivity index (χ1n) is 6.97. The number of benzene rings is 1. The van der Waals surface area contributed by atoms with Gasteiger partial charge in [0.25, 0.3) is 0 Å². The summed E-state index contributed by atoms with van der Waals surface area (Å²) in [7, 11) is 0. The van der Waals surface area contributed by atoms with E-state index in [4.69, 9.17) is 0 Å². The Bertz CT molecular complexity index is 567. The van der Waals surface area contributed by atoms with Gasteiger partial charge in [0.05, 0.1) is 17.4 Å². The first kappa shape index (κ1) is 16.3. The number of hydrogen-bond donors (Lipinski definition) is 2. The maximum Gasteiger partial charge on any atom is 0.416 e. The van der Waals surface area contributed by atoms with Crippen molar-refractivity contribution in [2.24, 2.45) is 11.8 Å². The molecule has 0 bridgehead atoms. The Labute approximate surface area is 126 Å². The van der Waals surface area contributed by atoms with Gasteiger partial charge >= 0.3 is 6.18 Å². The van der Waals surface area contributed by atoms with E-state index < -0.39 is 17.7 Å². The molecule has 120 valence electrons. The Hall–Kier alpha value is -2.05. The van der Waals surface area contributed by atoms with Gasteiger partial charge in [-0.25, -0.2) is 0 Å². The van der Waals surface area contributed by atoms with Crippen LogP contribution in [0.3, 0.4) is 0 Å². The van der Waals surface area contributed by atoms with E-state index in [2.05, 4.69) is 10.6 Å². The summed E-state index contributed by atoms with van der Waals surface area (Å²) in [5, 5.41) is 5.27. The minimum Gasteiger partial charge on any atom is -0.354 e. The van der Waals surface area contributed by atoms with Crippen molar-refractivity contribution in [1.29, 1.82) is 0 Å². The van der Waals surface area contributed by atoms with E-state index in [-0.39, 0.29) is 29.5 Å². The van der Waals surface area contributed by atoms with Crippen molar-refractivity contribution in [2.75, 3.05) is 5.32 Å². The van der Waals surface area contributed by atoms with Gasteiger partial charge in [0, 0.05) is 11.7 Å². The molecule has 0 spiro atoms. The molecule has 1 fully saturated rings. The Morgan fingerprint density at radius 2 is 1.64 bits per heavy atom. The van der Waals surface area contributed by atoms with Gasteiger partial charge in [-0.3, -0.25) is 9.59 Å². The summed E-state index contributed by atoms with van der Waals surface area (Å²) in [4.78, 5) is 23.7. The molecule has 4 nitrogen and oxygen atoms in total. The van der Waals surface area contributed by atoms with Crippen molar-refractivity contribution in [3.05, 3.63) is 29.8 Å². The molecule has 2 N–H and O–H groups in total. The van der Waals surface area contributed by atoms with Crippen LogP contribution in [-0.2, 0) is 15.8 Å². The third-order valence-electron chi connectivity index (χ3n) is 3.37. The summed E-state index contributed by atoms with van der Waals surface area (Å²) in [5.41, 5.74) is -0.487. The molecule has 1 aromatic carbocycles. The Kier molecular flexibility index (Phi) is 4.44. The predicted octanol–water partition coefficient (Wildman–Crippen LogP) is 2.80. The smallest absolute Gasteiger partial charge is 0.354 e. The van der Waals surface area contributed by atoms with Gasteiger partial charge in [0.1, 0.15) is 0 Å². The number of nitrogens with one attached hydrogen (secondary N) is 2. The molecule has 2 amide bonds. The van der Waals surface area contributed by atoms with E-state index in [0.717, 1.165) is 12.1 Å². The van der Waals surface area contributed by atoms with Crippen molar-refractivity contribution in [3.63, 3.8) is 0 Å². The summed E-state index contributed by atoms with van der Waals surface area (Å²) < 4.78 is 37.3. The molecule has 0 saturated heterocycles. The van der Waals surface area contributed by atoms with Crippen LogP contribution in [0.5, 0.6) is 0 Å². The zero-order valence-electron chi connectivity index (χ0n) is 12.2. The number of hydrogen-bond acceptors (Lipinski definition) is 2. The molecule has 7 heteroatoms.